The smallest absolute Gasteiger partial charge is 0.117 e. The minimum atomic E-state index is -0.0441. The maximum absolute atomic E-state index is 5.93. The van der Waals surface area contributed by atoms with E-state index < -0.39 is 0 Å². The molecule has 98 valence electrons. The number of hydrogen-bond acceptors (Lipinski definition) is 4. The van der Waals surface area contributed by atoms with Crippen LogP contribution in [-0.4, -0.2) is 37.2 Å². The fourth-order valence-corrected chi connectivity index (χ4v) is 1.99. The Kier molecular flexibility index (Phi) is 5.68. The Morgan fingerprint density at radius 2 is 2.29 bits per heavy atom. The molecule has 0 fully saturated rings. The van der Waals surface area contributed by atoms with E-state index in [0.29, 0.717) is 6.54 Å². The molecule has 1 atom stereocenters. The highest BCUT2D eigenvalue weighted by atomic mass is 16.5. The highest BCUT2D eigenvalue weighted by molar-refractivity contribution is 5.00. The highest BCUT2D eigenvalue weighted by Crippen LogP contribution is 2.21. The lowest BCUT2D eigenvalue weighted by Crippen LogP contribution is -2.51. The van der Waals surface area contributed by atoms with Crippen LogP contribution in [0.5, 0.6) is 0 Å². The maximum atomic E-state index is 5.93. The highest BCUT2D eigenvalue weighted by Gasteiger charge is 2.29. The van der Waals surface area contributed by atoms with Crippen LogP contribution in [0.4, 0.5) is 0 Å². The zero-order chi connectivity index (χ0) is 12.7. The van der Waals surface area contributed by atoms with E-state index in [0.717, 1.165) is 31.9 Å². The fraction of sp³-hybridized carbons (Fsp3) is 0.692. The van der Waals surface area contributed by atoms with Crippen molar-refractivity contribution in [1.82, 2.24) is 4.90 Å². The van der Waals surface area contributed by atoms with Gasteiger partial charge in [0.1, 0.15) is 5.76 Å². The molecule has 1 rings (SSSR count). The molecule has 2 N–H and O–H groups in total. The van der Waals surface area contributed by atoms with Crippen LogP contribution < -0.4 is 5.73 Å². The standard InChI is InChI=1S/C13H24N2O2/c1-4-15(10-12-6-5-8-17-12)13(2,11-14)7-9-16-3/h5-6,8H,4,7,9-11,14H2,1-3H3. The van der Waals surface area contributed by atoms with Crippen molar-refractivity contribution in [1.29, 1.82) is 0 Å². The Hall–Kier alpha value is -0.840. The summed E-state index contributed by atoms with van der Waals surface area (Å²) in [6, 6.07) is 3.91. The van der Waals surface area contributed by atoms with Crippen molar-refractivity contribution < 1.29 is 9.15 Å². The first kappa shape index (κ1) is 14.2. The van der Waals surface area contributed by atoms with Crippen LogP contribution in [0, 0.1) is 0 Å². The van der Waals surface area contributed by atoms with E-state index in [4.69, 9.17) is 14.9 Å². The van der Waals surface area contributed by atoms with Gasteiger partial charge in [-0.3, -0.25) is 4.90 Å². The zero-order valence-corrected chi connectivity index (χ0v) is 11.1. The molecule has 0 spiro atoms. The molecule has 1 aromatic heterocycles. The third-order valence-electron chi connectivity index (χ3n) is 3.36. The van der Waals surface area contributed by atoms with Crippen molar-refractivity contribution in [3.8, 4) is 0 Å². The molecule has 4 heteroatoms. The molecular weight excluding hydrogens is 216 g/mol. The van der Waals surface area contributed by atoms with Crippen LogP contribution in [0.3, 0.4) is 0 Å². The Morgan fingerprint density at radius 1 is 1.53 bits per heavy atom. The largest absolute Gasteiger partial charge is 0.468 e. The van der Waals surface area contributed by atoms with E-state index in [2.05, 4.69) is 18.7 Å². The van der Waals surface area contributed by atoms with Gasteiger partial charge in [-0.2, -0.15) is 0 Å². The number of likely N-dealkylation sites (N-methyl/N-ethyl adjacent to an activating group) is 1. The van der Waals surface area contributed by atoms with Gasteiger partial charge in [-0.25, -0.2) is 0 Å². The van der Waals surface area contributed by atoms with Crippen LogP contribution in [0.1, 0.15) is 26.0 Å². The summed E-state index contributed by atoms with van der Waals surface area (Å²) in [7, 11) is 1.72. The van der Waals surface area contributed by atoms with Gasteiger partial charge in [-0.15, -0.1) is 0 Å². The molecule has 0 aliphatic rings. The van der Waals surface area contributed by atoms with Crippen LogP contribution in [0.2, 0.25) is 0 Å². The lowest BCUT2D eigenvalue weighted by Gasteiger charge is -2.39. The van der Waals surface area contributed by atoms with Crippen molar-refractivity contribution in [3.05, 3.63) is 24.2 Å². The molecule has 0 saturated heterocycles. The second-order valence-corrected chi connectivity index (χ2v) is 4.54. The molecule has 17 heavy (non-hydrogen) atoms. The Labute approximate surface area is 104 Å². The zero-order valence-electron chi connectivity index (χ0n) is 11.1. The second-order valence-electron chi connectivity index (χ2n) is 4.54. The monoisotopic (exact) mass is 240 g/mol. The molecule has 1 heterocycles. The average molecular weight is 240 g/mol. The first-order valence-corrected chi connectivity index (χ1v) is 6.12. The Morgan fingerprint density at radius 3 is 2.76 bits per heavy atom. The van der Waals surface area contributed by atoms with Crippen molar-refractivity contribution >= 4 is 0 Å². The van der Waals surface area contributed by atoms with Crippen LogP contribution in [0.25, 0.3) is 0 Å². The van der Waals surface area contributed by atoms with E-state index in [1.807, 2.05) is 12.1 Å². The molecule has 0 aliphatic heterocycles. The van der Waals surface area contributed by atoms with E-state index in [9.17, 15) is 0 Å². The Bertz CT molecular complexity index is 300. The quantitative estimate of drug-likeness (QED) is 0.753. The summed E-state index contributed by atoms with van der Waals surface area (Å²) in [6.07, 6.45) is 2.63. The lowest BCUT2D eigenvalue weighted by atomic mass is 9.95. The van der Waals surface area contributed by atoms with Crippen LogP contribution in [0.15, 0.2) is 22.8 Å². The summed E-state index contributed by atoms with van der Waals surface area (Å²) < 4.78 is 10.6. The minimum Gasteiger partial charge on any atom is -0.468 e. The van der Waals surface area contributed by atoms with Crippen molar-refractivity contribution in [3.63, 3.8) is 0 Å². The summed E-state index contributed by atoms with van der Waals surface area (Å²) in [5.41, 5.74) is 5.88. The van der Waals surface area contributed by atoms with Gasteiger partial charge in [0.25, 0.3) is 0 Å². The predicted molar refractivity (Wildman–Crippen MR) is 68.7 cm³/mol. The average Bonchev–Trinajstić information content (AvgIpc) is 2.86. The number of nitrogens with two attached hydrogens (primary N) is 1. The van der Waals surface area contributed by atoms with Gasteiger partial charge >= 0.3 is 0 Å². The molecule has 1 unspecified atom stereocenters. The lowest BCUT2D eigenvalue weighted by molar-refractivity contribution is 0.0613. The van der Waals surface area contributed by atoms with Gasteiger partial charge in [0.15, 0.2) is 0 Å². The van der Waals surface area contributed by atoms with Crippen molar-refractivity contribution in [2.45, 2.75) is 32.4 Å². The normalized spacial score (nSPS) is 15.1. The van der Waals surface area contributed by atoms with E-state index in [1.165, 1.54) is 0 Å². The minimum absolute atomic E-state index is 0.0441. The third kappa shape index (κ3) is 3.84. The number of ether oxygens (including phenoxy) is 1. The molecule has 0 radical (unpaired) electrons. The second kappa shape index (κ2) is 6.79. The van der Waals surface area contributed by atoms with Gasteiger partial charge in [0.2, 0.25) is 0 Å². The molecule has 1 aromatic rings. The molecule has 0 amide bonds. The Balaban J connectivity index is 2.68. The molecule has 0 aliphatic carbocycles. The van der Waals surface area contributed by atoms with Crippen LogP contribution >= 0.6 is 0 Å². The van der Waals surface area contributed by atoms with Gasteiger partial charge < -0.3 is 14.9 Å². The van der Waals surface area contributed by atoms with Crippen molar-refractivity contribution in [2.75, 3.05) is 26.8 Å². The topological polar surface area (TPSA) is 51.6 Å². The maximum Gasteiger partial charge on any atom is 0.117 e. The molecule has 0 saturated carbocycles. The molecule has 4 nitrogen and oxygen atoms in total. The first-order chi connectivity index (χ1) is 8.16. The summed E-state index contributed by atoms with van der Waals surface area (Å²) in [5, 5.41) is 0. The summed E-state index contributed by atoms with van der Waals surface area (Å²) in [5.74, 6) is 0.976. The summed E-state index contributed by atoms with van der Waals surface area (Å²) in [6.45, 7) is 7.40. The summed E-state index contributed by atoms with van der Waals surface area (Å²) in [4.78, 5) is 2.34. The number of nitrogens with zero attached hydrogens (tertiary/aromatic N) is 1. The van der Waals surface area contributed by atoms with E-state index >= 15 is 0 Å². The third-order valence-corrected chi connectivity index (χ3v) is 3.36. The number of furan rings is 1. The van der Waals surface area contributed by atoms with Crippen molar-refractivity contribution in [2.24, 2.45) is 5.73 Å². The number of rotatable bonds is 8. The summed E-state index contributed by atoms with van der Waals surface area (Å²) >= 11 is 0. The van der Waals surface area contributed by atoms with Gasteiger partial charge in [-0.1, -0.05) is 6.92 Å². The van der Waals surface area contributed by atoms with E-state index in [1.54, 1.807) is 13.4 Å². The molecule has 0 bridgehead atoms. The van der Waals surface area contributed by atoms with Gasteiger partial charge in [0, 0.05) is 25.8 Å². The number of hydrogen-bond donors (Lipinski definition) is 1. The van der Waals surface area contributed by atoms with Gasteiger partial charge in [0.05, 0.1) is 12.8 Å². The van der Waals surface area contributed by atoms with Crippen LogP contribution in [-0.2, 0) is 11.3 Å². The molecular formula is C13H24N2O2. The predicted octanol–water partition coefficient (Wildman–Crippen LogP) is 1.86. The van der Waals surface area contributed by atoms with E-state index in [-0.39, 0.29) is 5.54 Å². The number of methoxy groups -OCH3 is 1. The fourth-order valence-electron chi connectivity index (χ4n) is 1.99. The molecule has 0 aromatic carbocycles. The SMILES string of the molecule is CCN(Cc1ccco1)C(C)(CN)CCOC. The van der Waals surface area contributed by atoms with Gasteiger partial charge in [-0.05, 0) is 32.0 Å². The first-order valence-electron chi connectivity index (χ1n) is 6.12.